The Morgan fingerprint density at radius 3 is 2.56 bits per heavy atom. The number of carbonyl (C=O) groups excluding carboxylic acids is 1. The second-order valence-electron chi connectivity index (χ2n) is 8.93. The summed E-state index contributed by atoms with van der Waals surface area (Å²) in [6, 6.07) is 23.2. The molecule has 0 saturated carbocycles. The van der Waals surface area contributed by atoms with Crippen LogP contribution in [0.4, 0.5) is 0 Å². The SMILES string of the molecule is CC(NC(=O)CCc1nc2ccccc2n(CCc2ccccc2)c1=O)c1ccc2c(c1)OCCO2. The molecule has 1 aromatic heterocycles. The van der Waals surface area contributed by atoms with Crippen LogP contribution in [-0.2, 0) is 24.2 Å². The van der Waals surface area contributed by atoms with Gasteiger partial charge in [0.25, 0.3) is 5.56 Å². The molecule has 0 spiro atoms. The summed E-state index contributed by atoms with van der Waals surface area (Å²) in [7, 11) is 0. The predicted octanol–water partition coefficient (Wildman–Crippen LogP) is 4.22. The van der Waals surface area contributed by atoms with Gasteiger partial charge in [0.2, 0.25) is 5.91 Å². The fraction of sp³-hybridized carbons (Fsp3) is 0.276. The van der Waals surface area contributed by atoms with Crippen LogP contribution in [0, 0.1) is 0 Å². The minimum absolute atomic E-state index is 0.136. The Balaban J connectivity index is 1.28. The van der Waals surface area contributed by atoms with Crippen molar-refractivity contribution in [2.24, 2.45) is 0 Å². The molecule has 7 nitrogen and oxygen atoms in total. The van der Waals surface area contributed by atoms with Gasteiger partial charge in [0.15, 0.2) is 11.5 Å². The third-order valence-electron chi connectivity index (χ3n) is 6.42. The Hall–Kier alpha value is -4.13. The van der Waals surface area contributed by atoms with Crippen LogP contribution in [-0.4, -0.2) is 28.7 Å². The molecule has 4 aromatic rings. The molecular weight excluding hydrogens is 454 g/mol. The number of hydrogen-bond acceptors (Lipinski definition) is 5. The molecule has 7 heteroatoms. The Labute approximate surface area is 209 Å². The molecule has 1 aliphatic rings. The third kappa shape index (κ3) is 5.25. The van der Waals surface area contributed by atoms with E-state index in [-0.39, 0.29) is 30.3 Å². The van der Waals surface area contributed by atoms with Gasteiger partial charge < -0.3 is 19.4 Å². The molecule has 0 aliphatic carbocycles. The maximum Gasteiger partial charge on any atom is 0.272 e. The highest BCUT2D eigenvalue weighted by atomic mass is 16.6. The van der Waals surface area contributed by atoms with Gasteiger partial charge in [-0.05, 0) is 48.7 Å². The van der Waals surface area contributed by atoms with Gasteiger partial charge in [-0.2, -0.15) is 0 Å². The third-order valence-corrected chi connectivity index (χ3v) is 6.42. The molecule has 0 saturated heterocycles. The number of fused-ring (bicyclic) bond motifs is 2. The summed E-state index contributed by atoms with van der Waals surface area (Å²) in [5.74, 6) is 1.27. The molecule has 0 radical (unpaired) electrons. The van der Waals surface area contributed by atoms with E-state index in [9.17, 15) is 9.59 Å². The maximum atomic E-state index is 13.3. The number of aromatic nitrogens is 2. The van der Waals surface area contributed by atoms with Crippen molar-refractivity contribution in [2.75, 3.05) is 13.2 Å². The zero-order valence-corrected chi connectivity index (χ0v) is 20.3. The number of carbonyl (C=O) groups is 1. The second kappa shape index (κ2) is 10.6. The Morgan fingerprint density at radius 1 is 0.972 bits per heavy atom. The summed E-state index contributed by atoms with van der Waals surface area (Å²) in [6.45, 7) is 3.52. The van der Waals surface area contributed by atoms with E-state index < -0.39 is 0 Å². The first kappa shape index (κ1) is 23.6. The summed E-state index contributed by atoms with van der Waals surface area (Å²) in [4.78, 5) is 30.7. The fourth-order valence-electron chi connectivity index (χ4n) is 4.47. The topological polar surface area (TPSA) is 82.5 Å². The number of para-hydroxylation sites is 2. The van der Waals surface area contributed by atoms with Gasteiger partial charge in [-0.3, -0.25) is 9.59 Å². The molecule has 5 rings (SSSR count). The van der Waals surface area contributed by atoms with Crippen molar-refractivity contribution in [3.05, 3.63) is 100.0 Å². The van der Waals surface area contributed by atoms with Crippen molar-refractivity contribution >= 4 is 16.9 Å². The summed E-state index contributed by atoms with van der Waals surface area (Å²) >= 11 is 0. The van der Waals surface area contributed by atoms with E-state index in [0.29, 0.717) is 31.2 Å². The van der Waals surface area contributed by atoms with E-state index in [1.54, 1.807) is 4.57 Å². The van der Waals surface area contributed by atoms with Crippen molar-refractivity contribution < 1.29 is 14.3 Å². The number of rotatable bonds is 8. The van der Waals surface area contributed by atoms with Gasteiger partial charge in [-0.1, -0.05) is 48.5 Å². The molecule has 1 aliphatic heterocycles. The van der Waals surface area contributed by atoms with Gasteiger partial charge in [0, 0.05) is 19.4 Å². The van der Waals surface area contributed by atoms with E-state index >= 15 is 0 Å². The van der Waals surface area contributed by atoms with E-state index in [4.69, 9.17) is 9.47 Å². The van der Waals surface area contributed by atoms with Crippen molar-refractivity contribution in [1.82, 2.24) is 14.9 Å². The molecule has 0 fully saturated rings. The fourth-order valence-corrected chi connectivity index (χ4v) is 4.47. The lowest BCUT2D eigenvalue weighted by Gasteiger charge is -2.21. The Morgan fingerprint density at radius 2 is 1.72 bits per heavy atom. The summed E-state index contributed by atoms with van der Waals surface area (Å²) < 4.78 is 13.0. The standard InChI is InChI=1S/C29H29N3O4/c1-20(22-11-13-26-27(19-22)36-18-17-35-26)30-28(33)14-12-24-29(34)32(16-15-21-7-3-2-4-8-21)25-10-6-5-9-23(25)31-24/h2-11,13,19-20H,12,14-18H2,1H3,(H,30,33). The van der Waals surface area contributed by atoms with E-state index in [1.165, 1.54) is 5.56 Å². The van der Waals surface area contributed by atoms with E-state index in [2.05, 4.69) is 22.4 Å². The quantitative estimate of drug-likeness (QED) is 0.406. The normalized spacial score (nSPS) is 13.4. The average molecular weight is 484 g/mol. The monoisotopic (exact) mass is 483 g/mol. The molecule has 184 valence electrons. The van der Waals surface area contributed by atoms with Crippen LogP contribution in [0.2, 0.25) is 0 Å². The van der Waals surface area contributed by atoms with Crippen LogP contribution >= 0.6 is 0 Å². The van der Waals surface area contributed by atoms with Crippen LogP contribution in [0.3, 0.4) is 0 Å². The van der Waals surface area contributed by atoms with Crippen LogP contribution in [0.1, 0.15) is 36.2 Å². The molecule has 1 amide bonds. The average Bonchev–Trinajstić information content (AvgIpc) is 2.91. The van der Waals surface area contributed by atoms with Crippen LogP contribution in [0.25, 0.3) is 11.0 Å². The highest BCUT2D eigenvalue weighted by Crippen LogP contribution is 2.32. The second-order valence-corrected chi connectivity index (χ2v) is 8.93. The number of ether oxygens (including phenoxy) is 2. The molecule has 1 unspecified atom stereocenters. The number of amides is 1. The van der Waals surface area contributed by atoms with Crippen LogP contribution in [0.15, 0.2) is 77.6 Å². The maximum absolute atomic E-state index is 13.3. The van der Waals surface area contributed by atoms with Gasteiger partial charge in [0.05, 0.1) is 17.1 Å². The Bertz CT molecular complexity index is 1430. The molecule has 3 aromatic carbocycles. The lowest BCUT2D eigenvalue weighted by atomic mass is 10.1. The lowest BCUT2D eigenvalue weighted by Crippen LogP contribution is -2.30. The number of benzene rings is 3. The van der Waals surface area contributed by atoms with Crippen molar-refractivity contribution in [2.45, 2.75) is 38.8 Å². The van der Waals surface area contributed by atoms with Crippen molar-refractivity contribution in [3.8, 4) is 11.5 Å². The first-order chi connectivity index (χ1) is 17.6. The zero-order valence-electron chi connectivity index (χ0n) is 20.3. The molecule has 1 atom stereocenters. The number of hydrogen-bond donors (Lipinski definition) is 1. The van der Waals surface area contributed by atoms with Gasteiger partial charge in [0.1, 0.15) is 18.9 Å². The van der Waals surface area contributed by atoms with E-state index in [1.807, 2.05) is 67.6 Å². The Kier molecular flexibility index (Phi) is 6.98. The van der Waals surface area contributed by atoms with E-state index in [0.717, 1.165) is 28.8 Å². The minimum atomic E-state index is -0.208. The minimum Gasteiger partial charge on any atom is -0.486 e. The van der Waals surface area contributed by atoms with Crippen molar-refractivity contribution in [1.29, 1.82) is 0 Å². The van der Waals surface area contributed by atoms with Gasteiger partial charge in [-0.15, -0.1) is 0 Å². The number of aryl methyl sites for hydroxylation is 3. The summed E-state index contributed by atoms with van der Waals surface area (Å²) in [6.07, 6.45) is 1.19. The zero-order chi connectivity index (χ0) is 24.9. The first-order valence-electron chi connectivity index (χ1n) is 12.3. The largest absolute Gasteiger partial charge is 0.486 e. The molecule has 2 heterocycles. The summed E-state index contributed by atoms with van der Waals surface area (Å²) in [5, 5.41) is 3.02. The lowest BCUT2D eigenvalue weighted by molar-refractivity contribution is -0.121. The van der Waals surface area contributed by atoms with Gasteiger partial charge in [-0.25, -0.2) is 4.98 Å². The smallest absolute Gasteiger partial charge is 0.272 e. The molecule has 1 N–H and O–H groups in total. The first-order valence-corrected chi connectivity index (χ1v) is 12.3. The molecular formula is C29H29N3O4. The molecule has 0 bridgehead atoms. The predicted molar refractivity (Wildman–Crippen MR) is 138 cm³/mol. The highest BCUT2D eigenvalue weighted by molar-refractivity contribution is 5.77. The molecule has 36 heavy (non-hydrogen) atoms. The number of nitrogens with one attached hydrogen (secondary N) is 1. The van der Waals surface area contributed by atoms with Crippen LogP contribution in [0.5, 0.6) is 11.5 Å². The summed E-state index contributed by atoms with van der Waals surface area (Å²) in [5.41, 5.74) is 3.92. The van der Waals surface area contributed by atoms with Gasteiger partial charge >= 0.3 is 0 Å². The highest BCUT2D eigenvalue weighted by Gasteiger charge is 2.17. The van der Waals surface area contributed by atoms with Crippen molar-refractivity contribution in [3.63, 3.8) is 0 Å². The number of nitrogens with zero attached hydrogens (tertiary/aromatic N) is 2. The van der Waals surface area contributed by atoms with Crippen LogP contribution < -0.4 is 20.3 Å².